The van der Waals surface area contributed by atoms with Crippen molar-refractivity contribution in [2.45, 2.75) is 95.2 Å². The molecule has 0 radical (unpaired) electrons. The molecule has 0 fully saturated rings. The molecule has 0 spiro atoms. The molecular weight excluding hydrogens is 809 g/mol. The molecule has 0 bridgehead atoms. The molecule has 1 rings (SSSR count). The van der Waals surface area contributed by atoms with Gasteiger partial charge in [0.25, 0.3) is 0 Å². The summed E-state index contributed by atoms with van der Waals surface area (Å²) in [5.41, 5.74) is 22.3. The summed E-state index contributed by atoms with van der Waals surface area (Å²) in [5, 5.41) is 35.0. The average Bonchev–Trinajstić information content (AvgIpc) is 3.18. The fourth-order valence-electron chi connectivity index (χ4n) is 5.28. The van der Waals surface area contributed by atoms with E-state index in [9.17, 15) is 43.2 Å². The van der Waals surface area contributed by atoms with Crippen LogP contribution in [0.3, 0.4) is 0 Å². The third-order valence-electron chi connectivity index (χ3n) is 8.39. The van der Waals surface area contributed by atoms with Gasteiger partial charge >= 0.3 is 5.97 Å². The number of carboxylic acids is 1. The average molecular weight is 867 g/mol. The number of nitrogens with one attached hydrogen (secondary N) is 7. The second-order valence-corrected chi connectivity index (χ2v) is 14.4. The summed E-state index contributed by atoms with van der Waals surface area (Å²) < 4.78 is 0. The molecule has 8 amide bonds. The first-order valence-corrected chi connectivity index (χ1v) is 19.5. The third-order valence-corrected chi connectivity index (χ3v) is 8.75. The molecule has 60 heavy (non-hydrogen) atoms. The summed E-state index contributed by atoms with van der Waals surface area (Å²) in [7, 11) is 0. The van der Waals surface area contributed by atoms with Crippen molar-refractivity contribution in [1.82, 2.24) is 37.2 Å². The van der Waals surface area contributed by atoms with Gasteiger partial charge in [0.2, 0.25) is 47.3 Å². The van der Waals surface area contributed by atoms with Crippen LogP contribution in [0, 0.1) is 5.92 Å². The zero-order valence-electron chi connectivity index (χ0n) is 33.6. The smallest absolute Gasteiger partial charge is 0.322 e. The van der Waals surface area contributed by atoms with Gasteiger partial charge in [-0.2, -0.15) is 12.6 Å². The van der Waals surface area contributed by atoms with Gasteiger partial charge in [-0.3, -0.25) is 48.1 Å². The number of carboxylic acid groups (broad SMARTS) is 1. The van der Waals surface area contributed by atoms with Crippen molar-refractivity contribution in [3.05, 3.63) is 35.9 Å². The van der Waals surface area contributed by atoms with E-state index in [2.05, 4.69) is 54.8 Å². The molecule has 0 heterocycles. The van der Waals surface area contributed by atoms with Gasteiger partial charge in [-0.1, -0.05) is 44.2 Å². The van der Waals surface area contributed by atoms with Gasteiger partial charge in [-0.05, 0) is 37.7 Å². The predicted molar refractivity (Wildman–Crippen MR) is 220 cm³/mol. The molecule has 23 nitrogen and oxygen atoms in total. The van der Waals surface area contributed by atoms with Crippen LogP contribution in [0.1, 0.15) is 52.0 Å². The second kappa shape index (κ2) is 26.9. The molecule has 0 aliphatic carbocycles. The van der Waals surface area contributed by atoms with E-state index in [0.717, 1.165) is 0 Å². The first-order chi connectivity index (χ1) is 28.2. The molecule has 0 saturated heterocycles. The van der Waals surface area contributed by atoms with Crippen LogP contribution in [0.15, 0.2) is 35.3 Å². The Kier molecular flexibility index (Phi) is 23.3. The van der Waals surface area contributed by atoms with Crippen LogP contribution in [0.4, 0.5) is 0 Å². The maximum atomic E-state index is 13.8. The number of rotatable bonds is 27. The second-order valence-electron chi connectivity index (χ2n) is 14.1. The van der Waals surface area contributed by atoms with Gasteiger partial charge in [-0.25, -0.2) is 0 Å². The van der Waals surface area contributed by atoms with Gasteiger partial charge in [0.1, 0.15) is 48.8 Å². The summed E-state index contributed by atoms with van der Waals surface area (Å²) >= 11 is 4.12. The summed E-state index contributed by atoms with van der Waals surface area (Å²) in [6, 6.07) is -1.07. The highest BCUT2D eigenvalue weighted by Gasteiger charge is 2.34. The number of nitrogens with zero attached hydrogens (tertiary/aromatic N) is 1. The molecular formula is C36H58N12O11S. The Balaban J connectivity index is 3.33. The normalized spacial score (nSPS) is 14.3. The van der Waals surface area contributed by atoms with E-state index in [-0.39, 0.29) is 49.9 Å². The van der Waals surface area contributed by atoms with Crippen LogP contribution >= 0.6 is 12.6 Å². The van der Waals surface area contributed by atoms with Crippen molar-refractivity contribution in [3.8, 4) is 0 Å². The fourth-order valence-corrected chi connectivity index (χ4v) is 5.54. The predicted octanol–water partition coefficient (Wildman–Crippen LogP) is -5.42. The first-order valence-electron chi connectivity index (χ1n) is 18.8. The number of benzene rings is 1. The summed E-state index contributed by atoms with van der Waals surface area (Å²) in [4.78, 5) is 120. The van der Waals surface area contributed by atoms with Gasteiger partial charge in [0, 0.05) is 18.7 Å². The number of amides is 8. The van der Waals surface area contributed by atoms with Crippen LogP contribution < -0.4 is 60.2 Å². The number of primary amides is 1. The molecule has 1 aromatic rings. The summed E-state index contributed by atoms with van der Waals surface area (Å²) in [5.74, 6) is -9.31. The highest BCUT2D eigenvalue weighted by Crippen LogP contribution is 2.10. The Morgan fingerprint density at radius 1 is 0.700 bits per heavy atom. The maximum Gasteiger partial charge on any atom is 0.322 e. The molecule has 0 aliphatic heterocycles. The fraction of sp³-hybridized carbons (Fsp3) is 0.556. The molecule has 0 unspecified atom stereocenters. The molecule has 1 aromatic carbocycles. The number of nitrogens with two attached hydrogens (primary N) is 4. The molecule has 334 valence electrons. The van der Waals surface area contributed by atoms with Crippen LogP contribution in [0.2, 0.25) is 0 Å². The molecule has 0 aliphatic rings. The van der Waals surface area contributed by atoms with E-state index in [0.29, 0.717) is 5.56 Å². The Morgan fingerprint density at radius 2 is 1.23 bits per heavy atom. The number of aliphatic carboxylic acids is 1. The lowest BCUT2D eigenvalue weighted by Crippen LogP contribution is -2.60. The van der Waals surface area contributed by atoms with E-state index in [1.165, 1.54) is 6.92 Å². The lowest BCUT2D eigenvalue weighted by Gasteiger charge is -2.27. The zero-order chi connectivity index (χ0) is 45.5. The van der Waals surface area contributed by atoms with Crippen molar-refractivity contribution >= 4 is 71.8 Å². The quantitative estimate of drug-likeness (QED) is 0.0170. The minimum atomic E-state index is -1.69. The number of thiol groups is 1. The SMILES string of the molecule is CC(C)C[C@H](NC(=O)[C@H](CC(N)=O)NC(=O)[C@H](CCCN=C(N)N)NC(=O)[C@H](CS)NC(=O)[C@H](C)NC(=O)[C@@H](N)CO)C(=O)N[C@@H](Cc1ccccc1)C(=O)NCC(=O)O. The number of carbonyl (C=O) groups excluding carboxylic acids is 8. The van der Waals surface area contributed by atoms with E-state index in [1.807, 2.05) is 0 Å². The Morgan fingerprint density at radius 3 is 1.78 bits per heavy atom. The van der Waals surface area contributed by atoms with E-state index in [1.54, 1.807) is 44.2 Å². The van der Waals surface area contributed by atoms with Crippen LogP contribution in [-0.2, 0) is 49.6 Å². The number of aliphatic hydroxyl groups excluding tert-OH is 1. The minimum absolute atomic E-state index is 0.0126. The Labute approximate surface area is 352 Å². The maximum absolute atomic E-state index is 13.8. The van der Waals surface area contributed by atoms with E-state index in [4.69, 9.17) is 33.1 Å². The van der Waals surface area contributed by atoms with Crippen molar-refractivity contribution < 1.29 is 53.4 Å². The minimum Gasteiger partial charge on any atom is -0.480 e. The van der Waals surface area contributed by atoms with Crippen molar-refractivity contribution in [2.75, 3.05) is 25.4 Å². The van der Waals surface area contributed by atoms with Gasteiger partial charge in [0.05, 0.1) is 13.0 Å². The molecule has 0 aromatic heterocycles. The monoisotopic (exact) mass is 866 g/mol. The number of aliphatic imine (C=N–C) groups is 1. The van der Waals surface area contributed by atoms with E-state index >= 15 is 0 Å². The van der Waals surface area contributed by atoms with Crippen molar-refractivity contribution in [3.63, 3.8) is 0 Å². The largest absolute Gasteiger partial charge is 0.480 e. The number of guanidine groups is 1. The van der Waals surface area contributed by atoms with Crippen LogP contribution in [0.5, 0.6) is 0 Å². The first kappa shape index (κ1) is 52.0. The molecule has 17 N–H and O–H groups in total. The highest BCUT2D eigenvalue weighted by molar-refractivity contribution is 7.80. The standard InChI is InChI=1S/C36H58N12O11S/c1-18(2)12-23(33(57)46-24(31(55)42-15-28(51)52)13-20-8-5-4-6-9-20)45-34(58)25(14-27(38)50)47-32(56)22(10-7-11-41-36(39)40)44-35(59)26(17-60)48-29(53)19(3)43-30(54)21(37)16-49/h4-6,8-9,18-19,21-26,49,60H,7,10-17,37H2,1-3H3,(H2,38,50)(H,42,55)(H,43,54)(H,44,59)(H,45,58)(H,46,57)(H,47,56)(H,48,53)(H,51,52)(H4,39,40,41)/t19-,21-,22-,23-,24-,25-,26-/m0/s1. The van der Waals surface area contributed by atoms with Crippen molar-refractivity contribution in [1.29, 1.82) is 0 Å². The Hall–Kier alpha value is -6.01. The molecule has 0 saturated carbocycles. The lowest BCUT2D eigenvalue weighted by atomic mass is 10.0. The lowest BCUT2D eigenvalue weighted by molar-refractivity contribution is -0.138. The van der Waals surface area contributed by atoms with Gasteiger partial charge in [0.15, 0.2) is 5.96 Å². The molecule has 7 atom stereocenters. The topological polar surface area (TPSA) is 395 Å². The number of hydrogen-bond acceptors (Lipinski definition) is 13. The third kappa shape index (κ3) is 20.1. The zero-order valence-corrected chi connectivity index (χ0v) is 34.5. The summed E-state index contributed by atoms with van der Waals surface area (Å²) in [6.07, 6.45) is -0.807. The Bertz CT molecular complexity index is 1680. The number of carbonyl (C=O) groups is 9. The highest BCUT2D eigenvalue weighted by atomic mass is 32.1. The van der Waals surface area contributed by atoms with Crippen molar-refractivity contribution in [2.24, 2.45) is 33.8 Å². The van der Waals surface area contributed by atoms with Crippen LogP contribution in [0.25, 0.3) is 0 Å². The van der Waals surface area contributed by atoms with Gasteiger partial charge < -0.3 is 70.4 Å². The number of aliphatic hydroxyl groups is 1. The van der Waals surface area contributed by atoms with Gasteiger partial charge in [-0.15, -0.1) is 0 Å². The van der Waals surface area contributed by atoms with E-state index < -0.39 is 115 Å². The molecule has 24 heteroatoms. The van der Waals surface area contributed by atoms with Crippen LogP contribution in [-0.4, -0.2) is 137 Å². The number of hydrogen-bond donors (Lipinski definition) is 14. The summed E-state index contributed by atoms with van der Waals surface area (Å²) in [6.45, 7) is 3.40.